The lowest BCUT2D eigenvalue weighted by molar-refractivity contribution is 0.515. The predicted octanol–water partition coefficient (Wildman–Crippen LogP) is 1.74. The van der Waals surface area contributed by atoms with Gasteiger partial charge in [0, 0.05) is 31.5 Å². The summed E-state index contributed by atoms with van der Waals surface area (Å²) in [6.45, 7) is 1.48. The van der Waals surface area contributed by atoms with E-state index in [1.807, 2.05) is 18.3 Å². The Bertz CT molecular complexity index is 442. The number of hydrogen-bond acceptors (Lipinski definition) is 3. The van der Waals surface area contributed by atoms with Gasteiger partial charge in [-0.05, 0) is 23.6 Å². The zero-order valence-electron chi connectivity index (χ0n) is 10.4. The Kier molecular flexibility index (Phi) is 4.88. The molecule has 0 aliphatic heterocycles. The number of aromatic nitrogens is 1. The molecule has 0 spiro atoms. The number of nitrogens with two attached hydrogens (primary N) is 1. The second kappa shape index (κ2) is 6.89. The Balaban J connectivity index is 1.86. The molecule has 0 aliphatic rings. The summed E-state index contributed by atoms with van der Waals surface area (Å²) >= 11 is 0. The number of nitrogens with one attached hydrogen (secondary N) is 1. The molecule has 2 aromatic rings. The second-order valence-electron chi connectivity index (χ2n) is 4.36. The van der Waals surface area contributed by atoms with Crippen LogP contribution < -0.4 is 11.1 Å². The molecule has 3 N–H and O–H groups in total. The fourth-order valence-electron chi connectivity index (χ4n) is 1.90. The van der Waals surface area contributed by atoms with Crippen molar-refractivity contribution in [2.24, 2.45) is 5.73 Å². The minimum Gasteiger partial charge on any atom is -0.329 e. The van der Waals surface area contributed by atoms with Crippen LogP contribution >= 0.6 is 0 Å². The minimum absolute atomic E-state index is 0.286. The Hall–Kier alpha value is -1.71. The largest absolute Gasteiger partial charge is 0.329 e. The van der Waals surface area contributed by atoms with E-state index in [0.29, 0.717) is 6.54 Å². The molecule has 3 heteroatoms. The average Bonchev–Trinajstić information content (AvgIpc) is 2.45. The molecule has 0 saturated carbocycles. The first-order valence-corrected chi connectivity index (χ1v) is 6.25. The third-order valence-electron chi connectivity index (χ3n) is 2.93. The molecule has 94 valence electrons. The molecule has 0 radical (unpaired) electrons. The number of pyridine rings is 1. The lowest BCUT2D eigenvalue weighted by atomic mass is 10.1. The molecule has 1 unspecified atom stereocenters. The first-order valence-electron chi connectivity index (χ1n) is 6.25. The van der Waals surface area contributed by atoms with Crippen molar-refractivity contribution in [1.29, 1.82) is 0 Å². The van der Waals surface area contributed by atoms with E-state index >= 15 is 0 Å². The van der Waals surface area contributed by atoms with Gasteiger partial charge in [0.05, 0.1) is 0 Å². The number of rotatable bonds is 6. The summed E-state index contributed by atoms with van der Waals surface area (Å²) < 4.78 is 0. The van der Waals surface area contributed by atoms with E-state index in [0.717, 1.165) is 13.0 Å². The zero-order valence-corrected chi connectivity index (χ0v) is 10.4. The van der Waals surface area contributed by atoms with Crippen molar-refractivity contribution in [2.75, 3.05) is 6.54 Å². The van der Waals surface area contributed by atoms with Crippen LogP contribution in [0.15, 0.2) is 54.9 Å². The Morgan fingerprint density at radius 2 is 1.83 bits per heavy atom. The van der Waals surface area contributed by atoms with Gasteiger partial charge in [0.2, 0.25) is 0 Å². The van der Waals surface area contributed by atoms with Gasteiger partial charge in [-0.3, -0.25) is 4.98 Å². The van der Waals surface area contributed by atoms with E-state index in [1.165, 1.54) is 11.1 Å². The number of hydrogen-bond donors (Lipinski definition) is 2. The Morgan fingerprint density at radius 3 is 2.50 bits per heavy atom. The smallest absolute Gasteiger partial charge is 0.0300 e. The summed E-state index contributed by atoms with van der Waals surface area (Å²) in [5, 5.41) is 3.48. The molecule has 3 nitrogen and oxygen atoms in total. The SMILES string of the molecule is NCC(Cc1cccnc1)NCc1ccccc1. The highest BCUT2D eigenvalue weighted by atomic mass is 14.9. The van der Waals surface area contributed by atoms with E-state index in [2.05, 4.69) is 40.6 Å². The highest BCUT2D eigenvalue weighted by Crippen LogP contribution is 2.03. The van der Waals surface area contributed by atoms with E-state index < -0.39 is 0 Å². The first-order chi connectivity index (χ1) is 8.88. The first kappa shape index (κ1) is 12.7. The third-order valence-corrected chi connectivity index (χ3v) is 2.93. The normalized spacial score (nSPS) is 12.3. The topological polar surface area (TPSA) is 50.9 Å². The molecular weight excluding hydrogens is 222 g/mol. The maximum absolute atomic E-state index is 5.80. The predicted molar refractivity (Wildman–Crippen MR) is 74.1 cm³/mol. The number of benzene rings is 1. The van der Waals surface area contributed by atoms with Gasteiger partial charge >= 0.3 is 0 Å². The maximum atomic E-state index is 5.80. The lowest BCUT2D eigenvalue weighted by Gasteiger charge is -2.16. The van der Waals surface area contributed by atoms with Crippen LogP contribution in [0.1, 0.15) is 11.1 Å². The standard InChI is InChI=1S/C15H19N3/c16-10-15(9-14-7-4-8-17-11-14)18-12-13-5-2-1-3-6-13/h1-8,11,15,18H,9-10,12,16H2. The summed E-state index contributed by atoms with van der Waals surface area (Å²) in [5.41, 5.74) is 8.30. The molecule has 0 bridgehead atoms. The molecular formula is C15H19N3. The van der Waals surface area contributed by atoms with Crippen LogP contribution in [0.25, 0.3) is 0 Å². The van der Waals surface area contributed by atoms with Gasteiger partial charge in [-0.1, -0.05) is 36.4 Å². The van der Waals surface area contributed by atoms with Crippen molar-refractivity contribution in [3.63, 3.8) is 0 Å². The quantitative estimate of drug-likeness (QED) is 0.810. The van der Waals surface area contributed by atoms with E-state index in [1.54, 1.807) is 6.20 Å². The second-order valence-corrected chi connectivity index (χ2v) is 4.36. The summed E-state index contributed by atoms with van der Waals surface area (Å²) in [7, 11) is 0. The maximum Gasteiger partial charge on any atom is 0.0300 e. The molecule has 0 aliphatic carbocycles. The minimum atomic E-state index is 0.286. The molecule has 0 fully saturated rings. The van der Waals surface area contributed by atoms with Crippen LogP contribution in [0.2, 0.25) is 0 Å². The molecule has 1 heterocycles. The van der Waals surface area contributed by atoms with Crippen molar-refractivity contribution in [1.82, 2.24) is 10.3 Å². The fourth-order valence-corrected chi connectivity index (χ4v) is 1.90. The van der Waals surface area contributed by atoms with Crippen molar-refractivity contribution < 1.29 is 0 Å². The highest BCUT2D eigenvalue weighted by Gasteiger charge is 2.06. The van der Waals surface area contributed by atoms with Crippen LogP contribution in [-0.2, 0) is 13.0 Å². The lowest BCUT2D eigenvalue weighted by Crippen LogP contribution is -2.37. The van der Waals surface area contributed by atoms with Crippen LogP contribution in [0.5, 0.6) is 0 Å². The summed E-state index contributed by atoms with van der Waals surface area (Å²) in [5.74, 6) is 0. The zero-order chi connectivity index (χ0) is 12.6. The monoisotopic (exact) mass is 241 g/mol. The van der Waals surface area contributed by atoms with E-state index in [9.17, 15) is 0 Å². The summed E-state index contributed by atoms with van der Waals surface area (Å²) in [6, 6.07) is 14.7. The van der Waals surface area contributed by atoms with Crippen molar-refractivity contribution in [2.45, 2.75) is 19.0 Å². The van der Waals surface area contributed by atoms with Gasteiger partial charge in [0.1, 0.15) is 0 Å². The Labute approximate surface area is 108 Å². The van der Waals surface area contributed by atoms with Crippen LogP contribution in [0, 0.1) is 0 Å². The van der Waals surface area contributed by atoms with Crippen LogP contribution in [0.3, 0.4) is 0 Å². The van der Waals surface area contributed by atoms with Gasteiger partial charge in [-0.25, -0.2) is 0 Å². The van der Waals surface area contributed by atoms with Gasteiger partial charge in [-0.2, -0.15) is 0 Å². The molecule has 18 heavy (non-hydrogen) atoms. The number of nitrogens with zero attached hydrogens (tertiary/aromatic N) is 1. The molecule has 0 saturated heterocycles. The fraction of sp³-hybridized carbons (Fsp3) is 0.267. The van der Waals surface area contributed by atoms with Crippen molar-refractivity contribution in [3.05, 3.63) is 66.0 Å². The third kappa shape index (κ3) is 3.95. The average molecular weight is 241 g/mol. The Morgan fingerprint density at radius 1 is 1.06 bits per heavy atom. The van der Waals surface area contributed by atoms with Crippen LogP contribution in [0.4, 0.5) is 0 Å². The highest BCUT2D eigenvalue weighted by molar-refractivity contribution is 5.15. The van der Waals surface area contributed by atoms with Crippen molar-refractivity contribution in [3.8, 4) is 0 Å². The van der Waals surface area contributed by atoms with E-state index in [4.69, 9.17) is 5.73 Å². The van der Waals surface area contributed by atoms with E-state index in [-0.39, 0.29) is 6.04 Å². The van der Waals surface area contributed by atoms with Gasteiger partial charge in [-0.15, -0.1) is 0 Å². The van der Waals surface area contributed by atoms with Crippen LogP contribution in [-0.4, -0.2) is 17.6 Å². The van der Waals surface area contributed by atoms with Gasteiger partial charge < -0.3 is 11.1 Å². The molecule has 1 aromatic carbocycles. The summed E-state index contributed by atoms with van der Waals surface area (Å²) in [6.07, 6.45) is 4.60. The van der Waals surface area contributed by atoms with Gasteiger partial charge in [0.25, 0.3) is 0 Å². The molecule has 1 atom stereocenters. The van der Waals surface area contributed by atoms with Gasteiger partial charge in [0.15, 0.2) is 0 Å². The van der Waals surface area contributed by atoms with Crippen molar-refractivity contribution >= 4 is 0 Å². The molecule has 0 amide bonds. The molecule has 1 aromatic heterocycles. The summed E-state index contributed by atoms with van der Waals surface area (Å²) in [4.78, 5) is 4.12. The molecule has 2 rings (SSSR count).